The fourth-order valence-corrected chi connectivity index (χ4v) is 4.78. The average Bonchev–Trinajstić information content (AvgIpc) is 2.87. The Kier molecular flexibility index (Phi) is 7.30. The van der Waals surface area contributed by atoms with Gasteiger partial charge in [0.2, 0.25) is 0 Å². The molecule has 1 N–H and O–H groups in total. The fourth-order valence-electron chi connectivity index (χ4n) is 3.96. The second-order valence-corrected chi connectivity index (χ2v) is 11.5. The third-order valence-electron chi connectivity index (χ3n) is 5.96. The first-order valence-corrected chi connectivity index (χ1v) is 13.7. The maximum atomic E-state index is 13.4. The number of anilines is 1. The van der Waals surface area contributed by atoms with Gasteiger partial charge in [0, 0.05) is 12.2 Å². The van der Waals surface area contributed by atoms with Crippen LogP contribution >= 0.6 is 0 Å². The van der Waals surface area contributed by atoms with Crippen LogP contribution in [0.5, 0.6) is 0 Å². The monoisotopic (exact) mass is 522 g/mol. The lowest BCUT2D eigenvalue weighted by molar-refractivity contribution is 0.593. The summed E-state index contributed by atoms with van der Waals surface area (Å²) in [5.74, 6) is 0.711. The van der Waals surface area contributed by atoms with Gasteiger partial charge in [0.1, 0.15) is 11.8 Å². The van der Waals surface area contributed by atoms with Gasteiger partial charge in [-0.2, -0.15) is 0 Å². The quantitative estimate of drug-likeness (QED) is 0.365. The molecule has 0 fully saturated rings. The highest BCUT2D eigenvalue weighted by Crippen LogP contribution is 2.28. The van der Waals surface area contributed by atoms with E-state index in [9.17, 15) is 13.2 Å². The number of nitrogens with one attached hydrogen (secondary N) is 1. The van der Waals surface area contributed by atoms with Crippen LogP contribution in [-0.2, 0) is 16.4 Å². The first-order valence-electron chi connectivity index (χ1n) is 12.1. The van der Waals surface area contributed by atoms with E-state index >= 15 is 0 Å². The van der Waals surface area contributed by atoms with Gasteiger partial charge in [0.25, 0.3) is 5.56 Å². The van der Waals surface area contributed by atoms with Gasteiger partial charge in [-0.15, -0.1) is 0 Å². The Morgan fingerprint density at radius 3 is 2.38 bits per heavy atom. The maximum Gasteiger partial charge on any atom is 0.295 e. The van der Waals surface area contributed by atoms with Crippen LogP contribution in [-0.4, -0.2) is 48.6 Å². The third-order valence-corrected chi connectivity index (χ3v) is 7.68. The number of nitrogens with zero attached hydrogens (tertiary/aromatic N) is 7. The van der Waals surface area contributed by atoms with Gasteiger partial charge in [-0.05, 0) is 38.8 Å². The molecular formula is C25H30N8O3S. The molecule has 194 valence electrons. The molecule has 0 saturated carbocycles. The van der Waals surface area contributed by atoms with E-state index in [0.717, 1.165) is 17.0 Å². The zero-order valence-electron chi connectivity index (χ0n) is 21.7. The highest BCUT2D eigenvalue weighted by Gasteiger charge is 2.20. The van der Waals surface area contributed by atoms with Crippen molar-refractivity contribution < 1.29 is 8.42 Å². The fraction of sp³-hybridized carbons (Fsp3) is 0.400. The number of fused-ring (bicyclic) bond motifs is 1. The number of sulfone groups is 1. The summed E-state index contributed by atoms with van der Waals surface area (Å²) in [5.41, 5.74) is 3.46. The molecule has 0 aliphatic rings. The molecule has 4 rings (SSSR count). The van der Waals surface area contributed by atoms with E-state index in [4.69, 9.17) is 4.98 Å². The summed E-state index contributed by atoms with van der Waals surface area (Å²) in [6, 6.07) is 2.93. The van der Waals surface area contributed by atoms with E-state index in [1.807, 2.05) is 34.6 Å². The molecule has 0 aliphatic carbocycles. The topological polar surface area (TPSA) is 146 Å². The van der Waals surface area contributed by atoms with Crippen molar-refractivity contribution in [3.8, 4) is 11.4 Å². The lowest BCUT2D eigenvalue weighted by Crippen LogP contribution is -2.27. The molecular weight excluding hydrogens is 492 g/mol. The standard InChI is InChI=1S/C25H30N8O3S/c1-7-37(35,36)18-9-8-17(26-11-18)10-27-23-25(34)33(15(4)5)24-19(31-23)12-28-22(32-24)20-16(6)29-13-30-21(20)14(2)3/h8-9,11-15H,7,10H2,1-6H3,(H,27,31). The highest BCUT2D eigenvalue weighted by atomic mass is 32.2. The van der Waals surface area contributed by atoms with E-state index in [0.29, 0.717) is 22.7 Å². The van der Waals surface area contributed by atoms with Crippen LogP contribution in [0.25, 0.3) is 22.6 Å². The zero-order chi connectivity index (χ0) is 26.9. The Morgan fingerprint density at radius 1 is 1.00 bits per heavy atom. The van der Waals surface area contributed by atoms with Crippen molar-refractivity contribution >= 4 is 26.8 Å². The molecule has 12 heteroatoms. The number of pyridine rings is 1. The first-order chi connectivity index (χ1) is 17.5. The van der Waals surface area contributed by atoms with Gasteiger partial charge < -0.3 is 5.32 Å². The van der Waals surface area contributed by atoms with Crippen LogP contribution in [0.15, 0.2) is 40.5 Å². The van der Waals surface area contributed by atoms with Crippen LogP contribution in [0.2, 0.25) is 0 Å². The van der Waals surface area contributed by atoms with Crippen molar-refractivity contribution in [2.75, 3.05) is 11.1 Å². The molecule has 37 heavy (non-hydrogen) atoms. The van der Waals surface area contributed by atoms with Crippen molar-refractivity contribution in [1.82, 2.24) is 34.5 Å². The molecule has 4 aromatic heterocycles. The number of hydrogen-bond acceptors (Lipinski definition) is 10. The predicted molar refractivity (Wildman–Crippen MR) is 141 cm³/mol. The number of rotatable bonds is 8. The van der Waals surface area contributed by atoms with Crippen molar-refractivity contribution in [2.24, 2.45) is 0 Å². The smallest absolute Gasteiger partial charge is 0.295 e. The second-order valence-electron chi connectivity index (χ2n) is 9.25. The molecule has 0 aromatic carbocycles. The summed E-state index contributed by atoms with van der Waals surface area (Å²) in [5, 5.41) is 3.04. The molecule has 0 unspecified atom stereocenters. The van der Waals surface area contributed by atoms with Gasteiger partial charge in [0.05, 0.1) is 46.0 Å². The molecule has 0 atom stereocenters. The van der Waals surface area contributed by atoms with E-state index in [1.165, 1.54) is 18.6 Å². The predicted octanol–water partition coefficient (Wildman–Crippen LogP) is 3.46. The Morgan fingerprint density at radius 2 is 1.76 bits per heavy atom. The lowest BCUT2D eigenvalue weighted by atomic mass is 10.0. The SMILES string of the molecule is CCS(=O)(=O)c1ccc(CNc2nc3cnc(-c4c(C)ncnc4C(C)C)nc3n(C(C)C)c2=O)nc1. The minimum atomic E-state index is -3.33. The average molecular weight is 523 g/mol. The Hall–Kier alpha value is -3.80. The molecule has 0 radical (unpaired) electrons. The van der Waals surface area contributed by atoms with E-state index in [1.54, 1.807) is 23.8 Å². The van der Waals surface area contributed by atoms with Crippen LogP contribution in [0, 0.1) is 6.92 Å². The van der Waals surface area contributed by atoms with Gasteiger partial charge in [-0.1, -0.05) is 20.8 Å². The van der Waals surface area contributed by atoms with Crippen LogP contribution < -0.4 is 10.9 Å². The largest absolute Gasteiger partial charge is 0.360 e. The summed E-state index contributed by atoms with van der Waals surface area (Å²) in [4.78, 5) is 40.3. The third kappa shape index (κ3) is 5.19. The summed E-state index contributed by atoms with van der Waals surface area (Å²) < 4.78 is 25.6. The summed E-state index contributed by atoms with van der Waals surface area (Å²) in [6.45, 7) is 11.5. The summed E-state index contributed by atoms with van der Waals surface area (Å²) in [7, 11) is -3.33. The van der Waals surface area contributed by atoms with Gasteiger partial charge in [-0.25, -0.2) is 33.3 Å². The minimum Gasteiger partial charge on any atom is -0.360 e. The van der Waals surface area contributed by atoms with Crippen LogP contribution in [0.4, 0.5) is 5.82 Å². The van der Waals surface area contributed by atoms with E-state index in [2.05, 4.69) is 30.2 Å². The molecule has 0 aliphatic heterocycles. The molecule has 0 saturated heterocycles. The second kappa shape index (κ2) is 10.3. The Labute approximate surface area is 215 Å². The van der Waals surface area contributed by atoms with Gasteiger partial charge >= 0.3 is 0 Å². The minimum absolute atomic E-state index is 0.00145. The summed E-state index contributed by atoms with van der Waals surface area (Å²) >= 11 is 0. The molecule has 11 nitrogen and oxygen atoms in total. The Balaban J connectivity index is 1.73. The molecule has 0 amide bonds. The molecule has 4 aromatic rings. The number of aryl methyl sites for hydroxylation is 1. The molecule has 0 bridgehead atoms. The van der Waals surface area contributed by atoms with Crippen molar-refractivity contribution in [3.63, 3.8) is 0 Å². The van der Waals surface area contributed by atoms with Gasteiger partial charge in [-0.3, -0.25) is 14.3 Å². The van der Waals surface area contributed by atoms with Crippen LogP contribution in [0.3, 0.4) is 0 Å². The lowest BCUT2D eigenvalue weighted by Gasteiger charge is -2.17. The van der Waals surface area contributed by atoms with Crippen molar-refractivity contribution in [3.05, 3.63) is 58.3 Å². The van der Waals surface area contributed by atoms with E-state index in [-0.39, 0.29) is 40.5 Å². The highest BCUT2D eigenvalue weighted by molar-refractivity contribution is 7.91. The number of hydrogen-bond donors (Lipinski definition) is 1. The molecule has 0 spiro atoms. The number of aromatic nitrogens is 7. The normalized spacial score (nSPS) is 12.0. The zero-order valence-corrected chi connectivity index (χ0v) is 22.5. The maximum absolute atomic E-state index is 13.4. The van der Waals surface area contributed by atoms with Crippen molar-refractivity contribution in [2.45, 2.75) is 64.9 Å². The van der Waals surface area contributed by atoms with E-state index < -0.39 is 9.84 Å². The first kappa shape index (κ1) is 26.3. The molecule has 4 heterocycles. The Bertz CT molecular complexity index is 1610. The van der Waals surface area contributed by atoms with Crippen LogP contribution in [0.1, 0.15) is 63.7 Å². The van der Waals surface area contributed by atoms with Crippen molar-refractivity contribution in [1.29, 1.82) is 0 Å². The summed E-state index contributed by atoms with van der Waals surface area (Å²) in [6.07, 6.45) is 4.45. The van der Waals surface area contributed by atoms with Gasteiger partial charge in [0.15, 0.2) is 27.1 Å².